The van der Waals surface area contributed by atoms with Crippen LogP contribution in [0.3, 0.4) is 0 Å². The maximum Gasteiger partial charge on any atom is 0.170 e. The van der Waals surface area contributed by atoms with E-state index in [1.165, 1.54) is 0 Å². The van der Waals surface area contributed by atoms with Gasteiger partial charge in [-0.3, -0.25) is 0 Å². The maximum atomic E-state index is 5.38. The zero-order chi connectivity index (χ0) is 7.40. The topological polar surface area (TPSA) is 30.5 Å². The molecule has 0 aromatic rings. The zero-order valence-electron chi connectivity index (χ0n) is 6.17. The Balaban J connectivity index is 2.31. The Morgan fingerprint density at radius 3 is 3.10 bits per heavy atom. The molecule has 1 saturated heterocycles. The van der Waals surface area contributed by atoms with E-state index in [4.69, 9.17) is 9.47 Å². The minimum Gasteiger partial charge on any atom is -0.355 e. The van der Waals surface area contributed by atoms with Gasteiger partial charge >= 0.3 is 0 Å². The van der Waals surface area contributed by atoms with Crippen LogP contribution in [-0.2, 0) is 9.47 Å². The van der Waals surface area contributed by atoms with E-state index in [1.807, 2.05) is 0 Å². The van der Waals surface area contributed by atoms with Crippen LogP contribution in [0.25, 0.3) is 0 Å². The smallest absolute Gasteiger partial charge is 0.170 e. The van der Waals surface area contributed by atoms with E-state index in [1.54, 1.807) is 13.2 Å². The van der Waals surface area contributed by atoms with Crippen LogP contribution in [-0.4, -0.2) is 32.6 Å². The first kappa shape index (κ1) is 7.72. The van der Waals surface area contributed by atoms with Crippen LogP contribution < -0.4 is 5.32 Å². The highest BCUT2D eigenvalue weighted by Crippen LogP contribution is 2.03. The second-order valence-corrected chi connectivity index (χ2v) is 2.23. The lowest BCUT2D eigenvalue weighted by Crippen LogP contribution is -2.44. The summed E-state index contributed by atoms with van der Waals surface area (Å²) < 4.78 is 10.4. The molecule has 0 aromatic heterocycles. The molecule has 0 aliphatic carbocycles. The highest BCUT2D eigenvalue weighted by atomic mass is 16.7. The Hall–Kier alpha value is -0.380. The summed E-state index contributed by atoms with van der Waals surface area (Å²) in [6, 6.07) is 0. The first-order valence-electron chi connectivity index (χ1n) is 3.38. The summed E-state index contributed by atoms with van der Waals surface area (Å²) in [5.74, 6) is 0. The van der Waals surface area contributed by atoms with Gasteiger partial charge in [0, 0.05) is 20.2 Å². The Morgan fingerprint density at radius 1 is 1.70 bits per heavy atom. The molecule has 58 valence electrons. The van der Waals surface area contributed by atoms with E-state index in [0.717, 1.165) is 13.1 Å². The van der Waals surface area contributed by atoms with Gasteiger partial charge in [0.15, 0.2) is 6.29 Å². The Bertz CT molecular complexity index is 116. The molecular formula is C7H13NO2. The molecule has 3 heteroatoms. The lowest BCUT2D eigenvalue weighted by molar-refractivity contribution is -0.156. The van der Waals surface area contributed by atoms with Crippen LogP contribution in [0.2, 0.25) is 0 Å². The fourth-order valence-corrected chi connectivity index (χ4v) is 0.912. The van der Waals surface area contributed by atoms with Gasteiger partial charge in [0.25, 0.3) is 0 Å². The third kappa shape index (κ3) is 1.80. The van der Waals surface area contributed by atoms with Gasteiger partial charge in [0.1, 0.15) is 0 Å². The van der Waals surface area contributed by atoms with Crippen molar-refractivity contribution in [3.8, 4) is 0 Å². The van der Waals surface area contributed by atoms with Gasteiger partial charge in [-0.2, -0.15) is 0 Å². The number of hydrogen-bond acceptors (Lipinski definition) is 3. The molecule has 0 spiro atoms. The summed E-state index contributed by atoms with van der Waals surface area (Å²) in [5, 5.41) is 3.17. The lowest BCUT2D eigenvalue weighted by atomic mass is 10.3. The summed E-state index contributed by atoms with van der Waals surface area (Å²) in [4.78, 5) is 0. The average Bonchev–Trinajstić information content (AvgIpc) is 2.05. The van der Waals surface area contributed by atoms with Crippen molar-refractivity contribution in [3.05, 3.63) is 12.7 Å². The van der Waals surface area contributed by atoms with Gasteiger partial charge < -0.3 is 14.8 Å². The van der Waals surface area contributed by atoms with Crippen molar-refractivity contribution >= 4 is 0 Å². The minimum atomic E-state index is -0.114. The molecule has 1 fully saturated rings. The third-order valence-electron chi connectivity index (χ3n) is 1.51. The van der Waals surface area contributed by atoms with Gasteiger partial charge in [0.2, 0.25) is 0 Å². The average molecular weight is 143 g/mol. The maximum absolute atomic E-state index is 5.38. The van der Waals surface area contributed by atoms with Gasteiger partial charge in [-0.05, 0) is 0 Å². The van der Waals surface area contributed by atoms with Crippen LogP contribution in [0.1, 0.15) is 0 Å². The second kappa shape index (κ2) is 3.71. The molecule has 3 nitrogen and oxygen atoms in total. The molecule has 0 aromatic carbocycles. The highest BCUT2D eigenvalue weighted by Gasteiger charge is 2.18. The van der Waals surface area contributed by atoms with Crippen molar-refractivity contribution in [1.29, 1.82) is 0 Å². The van der Waals surface area contributed by atoms with Crippen LogP contribution in [0.15, 0.2) is 12.7 Å². The fourth-order valence-electron chi connectivity index (χ4n) is 0.912. The first-order valence-corrected chi connectivity index (χ1v) is 3.38. The van der Waals surface area contributed by atoms with E-state index in [-0.39, 0.29) is 12.4 Å². The Kier molecular flexibility index (Phi) is 2.86. The van der Waals surface area contributed by atoms with E-state index in [9.17, 15) is 0 Å². The predicted molar refractivity (Wildman–Crippen MR) is 38.7 cm³/mol. The number of hydrogen-bond donors (Lipinski definition) is 1. The van der Waals surface area contributed by atoms with Gasteiger partial charge in [-0.15, -0.1) is 6.58 Å². The molecule has 1 heterocycles. The standard InChI is InChI=1S/C7H13NO2/c1-3-6-4-8-5-7(9-2)10-6/h3,6-8H,1,4-5H2,2H3. The van der Waals surface area contributed by atoms with Crippen molar-refractivity contribution in [2.24, 2.45) is 0 Å². The van der Waals surface area contributed by atoms with Crippen LogP contribution >= 0.6 is 0 Å². The lowest BCUT2D eigenvalue weighted by Gasteiger charge is -2.27. The van der Waals surface area contributed by atoms with Gasteiger partial charge in [-0.25, -0.2) is 0 Å². The molecule has 2 unspecified atom stereocenters. The number of rotatable bonds is 2. The van der Waals surface area contributed by atoms with Crippen molar-refractivity contribution in [2.45, 2.75) is 12.4 Å². The molecule has 1 rings (SSSR count). The molecule has 1 aliphatic rings. The fraction of sp³-hybridized carbons (Fsp3) is 0.714. The third-order valence-corrected chi connectivity index (χ3v) is 1.51. The number of ether oxygens (including phenoxy) is 2. The molecule has 1 aliphatic heterocycles. The SMILES string of the molecule is C=CC1CNCC(OC)O1. The normalized spacial score (nSPS) is 33.7. The van der Waals surface area contributed by atoms with Crippen molar-refractivity contribution in [3.63, 3.8) is 0 Å². The predicted octanol–water partition coefficient (Wildman–Crippen LogP) is 0.133. The van der Waals surface area contributed by atoms with Gasteiger partial charge in [0.05, 0.1) is 6.10 Å². The monoisotopic (exact) mass is 143 g/mol. The van der Waals surface area contributed by atoms with Crippen molar-refractivity contribution in [2.75, 3.05) is 20.2 Å². The molecule has 0 amide bonds. The number of methoxy groups -OCH3 is 1. The summed E-state index contributed by atoms with van der Waals surface area (Å²) >= 11 is 0. The van der Waals surface area contributed by atoms with Crippen molar-refractivity contribution < 1.29 is 9.47 Å². The number of morpholine rings is 1. The van der Waals surface area contributed by atoms with Gasteiger partial charge in [-0.1, -0.05) is 6.08 Å². The summed E-state index contributed by atoms with van der Waals surface area (Å²) in [6.07, 6.45) is 1.76. The quantitative estimate of drug-likeness (QED) is 0.557. The zero-order valence-corrected chi connectivity index (χ0v) is 6.17. The van der Waals surface area contributed by atoms with E-state index < -0.39 is 0 Å². The summed E-state index contributed by atoms with van der Waals surface area (Å²) in [5.41, 5.74) is 0. The molecule has 0 saturated carbocycles. The largest absolute Gasteiger partial charge is 0.355 e. The minimum absolute atomic E-state index is 0.0960. The summed E-state index contributed by atoms with van der Waals surface area (Å²) in [6.45, 7) is 5.23. The molecule has 10 heavy (non-hydrogen) atoms. The van der Waals surface area contributed by atoms with E-state index in [0.29, 0.717) is 0 Å². The Labute approximate surface area is 61.0 Å². The highest BCUT2D eigenvalue weighted by molar-refractivity contribution is 4.84. The first-order chi connectivity index (χ1) is 4.86. The molecule has 0 radical (unpaired) electrons. The molecule has 2 atom stereocenters. The molecule has 1 N–H and O–H groups in total. The molecular weight excluding hydrogens is 130 g/mol. The Morgan fingerprint density at radius 2 is 2.50 bits per heavy atom. The molecule has 0 bridgehead atoms. The van der Waals surface area contributed by atoms with E-state index >= 15 is 0 Å². The summed E-state index contributed by atoms with van der Waals surface area (Å²) in [7, 11) is 1.64. The van der Waals surface area contributed by atoms with Crippen LogP contribution in [0.5, 0.6) is 0 Å². The van der Waals surface area contributed by atoms with Crippen molar-refractivity contribution in [1.82, 2.24) is 5.32 Å². The van der Waals surface area contributed by atoms with Crippen LogP contribution in [0.4, 0.5) is 0 Å². The second-order valence-electron chi connectivity index (χ2n) is 2.23. The van der Waals surface area contributed by atoms with E-state index in [2.05, 4.69) is 11.9 Å². The number of nitrogens with one attached hydrogen (secondary N) is 1. The van der Waals surface area contributed by atoms with Crippen LogP contribution in [0, 0.1) is 0 Å².